The Labute approximate surface area is 123 Å². The maximum atomic E-state index is 12.1. The van der Waals surface area contributed by atoms with Gasteiger partial charge in [0.2, 0.25) is 5.00 Å². The van der Waals surface area contributed by atoms with Crippen molar-refractivity contribution in [2.45, 2.75) is 6.92 Å². The van der Waals surface area contributed by atoms with Crippen LogP contribution in [0.15, 0.2) is 30.5 Å². The summed E-state index contributed by atoms with van der Waals surface area (Å²) in [5.74, 6) is -1.01. The van der Waals surface area contributed by atoms with E-state index in [0.29, 0.717) is 0 Å². The van der Waals surface area contributed by atoms with Crippen molar-refractivity contribution in [3.8, 4) is 5.75 Å². The van der Waals surface area contributed by atoms with Crippen LogP contribution in [0.4, 0.5) is 10.1 Å². The lowest BCUT2D eigenvalue weighted by Crippen LogP contribution is -2.95. The monoisotopic (exact) mass is 308 g/mol. The number of anilines is 1. The summed E-state index contributed by atoms with van der Waals surface area (Å²) in [5.41, 5.74) is 0.137. The molecule has 9 heteroatoms. The normalized spacial score (nSPS) is 10.5. The molecule has 0 saturated carbocycles. The molecule has 8 nitrogen and oxygen atoms in total. The van der Waals surface area contributed by atoms with Gasteiger partial charge in [0.1, 0.15) is 11.9 Å². The highest BCUT2D eigenvalue weighted by Crippen LogP contribution is 2.23. The van der Waals surface area contributed by atoms with Crippen LogP contribution in [0.3, 0.4) is 0 Å². The van der Waals surface area contributed by atoms with Crippen LogP contribution in [0.2, 0.25) is 0 Å². The van der Waals surface area contributed by atoms with Gasteiger partial charge in [0.15, 0.2) is 5.13 Å². The third kappa shape index (κ3) is 3.83. The number of para-hydroxylation sites is 1. The van der Waals surface area contributed by atoms with Crippen LogP contribution in [0.25, 0.3) is 0 Å². The summed E-state index contributed by atoms with van der Waals surface area (Å²) in [7, 11) is 0. The number of nitrogens with one attached hydrogen (secondary N) is 2. The molecule has 0 unspecified atom stereocenters. The summed E-state index contributed by atoms with van der Waals surface area (Å²) in [6.45, 7) is 1.22. The van der Waals surface area contributed by atoms with Crippen LogP contribution in [-0.2, 0) is 4.79 Å². The minimum Gasteiger partial charge on any atom is -0.627 e. The molecule has 1 aromatic heterocycles. The zero-order chi connectivity index (χ0) is 15.4. The van der Waals surface area contributed by atoms with Gasteiger partial charge in [0.25, 0.3) is 5.91 Å². The summed E-state index contributed by atoms with van der Waals surface area (Å²) in [5, 5.41) is 22.3. The molecule has 0 fully saturated rings. The molecule has 2 aromatic rings. The second kappa shape index (κ2) is 6.41. The Morgan fingerprint density at radius 3 is 2.67 bits per heavy atom. The quantitative estimate of drug-likeness (QED) is 0.490. The van der Waals surface area contributed by atoms with E-state index in [1.807, 2.05) is 0 Å². The Morgan fingerprint density at radius 2 is 2.05 bits per heavy atom. The molecule has 0 spiro atoms. The average molecular weight is 308 g/mol. The lowest BCUT2D eigenvalue weighted by Gasteiger charge is -2.21. The Morgan fingerprint density at radius 1 is 1.33 bits per heavy atom. The van der Waals surface area contributed by atoms with Gasteiger partial charge < -0.3 is 20.4 Å². The van der Waals surface area contributed by atoms with Gasteiger partial charge in [-0.2, -0.15) is 0 Å². The predicted molar refractivity (Wildman–Crippen MR) is 75.2 cm³/mol. The van der Waals surface area contributed by atoms with E-state index in [-0.39, 0.29) is 21.4 Å². The van der Waals surface area contributed by atoms with Crippen molar-refractivity contribution < 1.29 is 19.6 Å². The minimum absolute atomic E-state index is 0.0985. The molecule has 2 rings (SSSR count). The highest BCUT2D eigenvalue weighted by molar-refractivity contribution is 7.18. The Kier molecular flexibility index (Phi) is 4.60. The molecule has 2 N–H and O–H groups in total. The van der Waals surface area contributed by atoms with E-state index in [9.17, 15) is 20.0 Å². The van der Waals surface area contributed by atoms with Crippen molar-refractivity contribution in [1.29, 1.82) is 0 Å². The number of hydrogen-bond donors (Lipinski definition) is 2. The van der Waals surface area contributed by atoms with Crippen LogP contribution in [0.1, 0.15) is 17.3 Å². The second-order valence-corrected chi connectivity index (χ2v) is 4.89. The van der Waals surface area contributed by atoms with Crippen LogP contribution in [0.5, 0.6) is 5.75 Å². The summed E-state index contributed by atoms with van der Waals surface area (Å²) in [4.78, 5) is 26.8. The van der Waals surface area contributed by atoms with Gasteiger partial charge in [-0.05, 0) is 23.5 Å². The van der Waals surface area contributed by atoms with Crippen molar-refractivity contribution in [3.05, 3.63) is 46.4 Å². The largest absolute Gasteiger partial charge is 0.627 e. The van der Waals surface area contributed by atoms with Crippen LogP contribution < -0.4 is 15.3 Å². The van der Waals surface area contributed by atoms with E-state index in [0.717, 1.165) is 17.5 Å². The van der Waals surface area contributed by atoms with Gasteiger partial charge in [-0.25, -0.2) is 4.98 Å². The molecule has 1 heterocycles. The molecule has 0 aliphatic rings. The Hall–Kier alpha value is -2.33. The zero-order valence-corrected chi connectivity index (χ0v) is 11.6. The maximum Gasteiger partial charge on any atom is 0.308 e. The fourth-order valence-corrected chi connectivity index (χ4v) is 2.13. The molecule has 0 aliphatic carbocycles. The topological polar surface area (TPSA) is 119 Å². The molecule has 0 bridgehead atoms. The molecule has 1 amide bonds. The average Bonchev–Trinajstić information content (AvgIpc) is 2.87. The van der Waals surface area contributed by atoms with Crippen molar-refractivity contribution in [2.75, 3.05) is 5.32 Å². The van der Waals surface area contributed by atoms with Gasteiger partial charge in [-0.1, -0.05) is 12.1 Å². The van der Waals surface area contributed by atoms with E-state index < -0.39 is 17.1 Å². The van der Waals surface area contributed by atoms with E-state index >= 15 is 0 Å². The number of nitrogens with zero attached hydrogens (tertiary/aromatic N) is 1. The molecule has 1 aromatic carbocycles. The van der Waals surface area contributed by atoms with Gasteiger partial charge in [0, 0.05) is 6.92 Å². The summed E-state index contributed by atoms with van der Waals surface area (Å²) < 4.78 is 4.93. The first-order chi connectivity index (χ1) is 9.97. The Bertz CT molecular complexity index is 670. The lowest BCUT2D eigenvalue weighted by molar-refractivity contribution is -0.712. The highest BCUT2D eigenvalue weighted by Gasteiger charge is 2.15. The zero-order valence-electron chi connectivity index (χ0n) is 10.8. The number of ether oxygens (including phenoxy) is 1. The van der Waals surface area contributed by atoms with E-state index in [1.165, 1.54) is 19.1 Å². The third-order valence-electron chi connectivity index (χ3n) is 2.31. The SMILES string of the molecule is CC(=O)Oc1ccccc1C(=O)Nc1ncc([NH+]([O-])[O-])s1. The smallest absolute Gasteiger partial charge is 0.308 e. The molecule has 0 aliphatic heterocycles. The highest BCUT2D eigenvalue weighted by atomic mass is 32.1. The number of thiazole rings is 1. The number of rotatable bonds is 4. The molecule has 110 valence electrons. The first-order valence-corrected chi connectivity index (χ1v) is 6.55. The first-order valence-electron chi connectivity index (χ1n) is 5.73. The fraction of sp³-hybridized carbons (Fsp3) is 0.0833. The summed E-state index contributed by atoms with van der Waals surface area (Å²) in [6, 6.07) is 6.18. The number of carbonyl (C=O) groups excluding carboxylic acids is 2. The van der Waals surface area contributed by atoms with Gasteiger partial charge in [-0.15, -0.1) is 0 Å². The van der Waals surface area contributed by atoms with E-state index in [2.05, 4.69) is 10.3 Å². The van der Waals surface area contributed by atoms with Crippen molar-refractivity contribution >= 4 is 33.3 Å². The minimum atomic E-state index is -1.37. The molecule has 0 saturated heterocycles. The Balaban J connectivity index is 2.18. The number of quaternary nitrogens is 1. The van der Waals surface area contributed by atoms with Crippen LogP contribution in [-0.4, -0.2) is 16.9 Å². The number of esters is 1. The molecule has 0 atom stereocenters. The molecule has 0 radical (unpaired) electrons. The molecular weight excluding hydrogens is 298 g/mol. The second-order valence-electron chi connectivity index (χ2n) is 3.86. The lowest BCUT2D eigenvalue weighted by atomic mass is 10.2. The fourth-order valence-electron chi connectivity index (χ4n) is 1.49. The number of amides is 1. The van der Waals surface area contributed by atoms with Crippen molar-refractivity contribution in [2.24, 2.45) is 0 Å². The van der Waals surface area contributed by atoms with Crippen molar-refractivity contribution in [3.63, 3.8) is 0 Å². The predicted octanol–water partition coefficient (Wildman–Crippen LogP) is 0.833. The van der Waals surface area contributed by atoms with Gasteiger partial charge in [0.05, 0.1) is 5.56 Å². The molecule has 21 heavy (non-hydrogen) atoms. The van der Waals surface area contributed by atoms with Gasteiger partial charge >= 0.3 is 5.97 Å². The first kappa shape index (κ1) is 15.1. The van der Waals surface area contributed by atoms with Crippen LogP contribution >= 0.6 is 11.3 Å². The maximum absolute atomic E-state index is 12.1. The standard InChI is InChI=1S/C12H10N3O5S/c1-7(16)20-9-5-3-2-4-8(9)11(17)14-12-13-6-10(21-12)15(18)19/h2-6,15H,1H3,(H,13,14,17)/q-1. The molecular formula is C12H10N3O5S-. The van der Waals surface area contributed by atoms with Gasteiger partial charge in [-0.3, -0.25) is 14.9 Å². The van der Waals surface area contributed by atoms with E-state index in [1.54, 1.807) is 12.1 Å². The van der Waals surface area contributed by atoms with E-state index in [4.69, 9.17) is 4.74 Å². The summed E-state index contributed by atoms with van der Waals surface area (Å²) in [6.07, 6.45) is 1.09. The number of aromatic nitrogens is 1. The number of benzene rings is 1. The van der Waals surface area contributed by atoms with Crippen molar-refractivity contribution in [1.82, 2.24) is 4.98 Å². The third-order valence-corrected chi connectivity index (χ3v) is 3.21. The summed E-state index contributed by atoms with van der Waals surface area (Å²) >= 11 is 0.771. The van der Waals surface area contributed by atoms with Crippen LogP contribution in [0, 0.1) is 10.4 Å². The number of carbonyl (C=O) groups is 2. The number of hydrogen-bond acceptors (Lipinski definition) is 7.